The van der Waals surface area contributed by atoms with E-state index in [0.29, 0.717) is 6.42 Å². The number of hydrogen-bond acceptors (Lipinski definition) is 3. The Labute approximate surface area is 122 Å². The van der Waals surface area contributed by atoms with Gasteiger partial charge in [0.1, 0.15) is 5.78 Å². The Morgan fingerprint density at radius 2 is 1.95 bits per heavy atom. The van der Waals surface area contributed by atoms with E-state index in [2.05, 4.69) is 6.92 Å². The molecular formula is C17H26O3. The van der Waals surface area contributed by atoms with E-state index in [9.17, 15) is 4.79 Å². The van der Waals surface area contributed by atoms with Crippen LogP contribution in [0.4, 0.5) is 0 Å². The first kappa shape index (κ1) is 16.5. The molecule has 0 aliphatic carbocycles. The summed E-state index contributed by atoms with van der Waals surface area (Å²) in [5.41, 5.74) is 1.11. The molecule has 0 amide bonds. The van der Waals surface area contributed by atoms with E-state index in [1.165, 1.54) is 19.3 Å². The highest BCUT2D eigenvalue weighted by Gasteiger charge is 2.06. The van der Waals surface area contributed by atoms with Crippen LogP contribution in [0.5, 0.6) is 11.5 Å². The number of aryl methyl sites for hydroxylation is 1. The first-order chi connectivity index (χ1) is 9.67. The zero-order valence-corrected chi connectivity index (χ0v) is 12.9. The normalized spacial score (nSPS) is 10.3. The second-order valence-corrected chi connectivity index (χ2v) is 5.10. The molecule has 3 heteroatoms. The van der Waals surface area contributed by atoms with Crippen molar-refractivity contribution >= 4 is 5.78 Å². The fourth-order valence-electron chi connectivity index (χ4n) is 2.02. The Balaban J connectivity index is 2.52. The lowest BCUT2D eigenvalue weighted by Gasteiger charge is -2.12. The molecule has 112 valence electrons. The van der Waals surface area contributed by atoms with Crippen LogP contribution in [0.2, 0.25) is 0 Å². The molecule has 0 heterocycles. The van der Waals surface area contributed by atoms with Crippen LogP contribution in [0.3, 0.4) is 0 Å². The van der Waals surface area contributed by atoms with Gasteiger partial charge in [-0.2, -0.15) is 0 Å². The number of ether oxygens (including phenoxy) is 2. The van der Waals surface area contributed by atoms with Crippen LogP contribution in [-0.2, 0) is 11.2 Å². The zero-order valence-electron chi connectivity index (χ0n) is 12.9. The minimum Gasteiger partial charge on any atom is -0.493 e. The molecule has 0 atom stereocenters. The molecule has 1 aromatic carbocycles. The summed E-state index contributed by atoms with van der Waals surface area (Å²) in [6, 6.07) is 5.91. The van der Waals surface area contributed by atoms with Gasteiger partial charge in [0.15, 0.2) is 11.5 Å². The Kier molecular flexibility index (Phi) is 7.78. The molecule has 0 fully saturated rings. The van der Waals surface area contributed by atoms with Crippen LogP contribution < -0.4 is 9.47 Å². The molecule has 0 spiro atoms. The highest BCUT2D eigenvalue weighted by Crippen LogP contribution is 2.28. The molecule has 0 saturated heterocycles. The van der Waals surface area contributed by atoms with Gasteiger partial charge in [0.25, 0.3) is 0 Å². The van der Waals surface area contributed by atoms with E-state index in [1.54, 1.807) is 14.0 Å². The van der Waals surface area contributed by atoms with Gasteiger partial charge in [0.2, 0.25) is 0 Å². The number of hydrogen-bond donors (Lipinski definition) is 0. The fourth-order valence-corrected chi connectivity index (χ4v) is 2.02. The van der Waals surface area contributed by atoms with Gasteiger partial charge in [-0.1, -0.05) is 32.3 Å². The predicted molar refractivity (Wildman–Crippen MR) is 81.6 cm³/mol. The van der Waals surface area contributed by atoms with Gasteiger partial charge < -0.3 is 14.3 Å². The van der Waals surface area contributed by atoms with Crippen LogP contribution in [0, 0.1) is 0 Å². The number of ketones is 1. The van der Waals surface area contributed by atoms with Crippen LogP contribution in [0.1, 0.15) is 51.5 Å². The monoisotopic (exact) mass is 278 g/mol. The Bertz CT molecular complexity index is 413. The lowest BCUT2D eigenvalue weighted by Crippen LogP contribution is -2.00. The molecule has 0 aliphatic heterocycles. The summed E-state index contributed by atoms with van der Waals surface area (Å²) >= 11 is 0. The van der Waals surface area contributed by atoms with Crippen LogP contribution in [-0.4, -0.2) is 19.5 Å². The fraction of sp³-hybridized carbons (Fsp3) is 0.588. The summed E-state index contributed by atoms with van der Waals surface area (Å²) in [7, 11) is 1.65. The average Bonchev–Trinajstić information content (AvgIpc) is 2.45. The Morgan fingerprint density at radius 1 is 1.15 bits per heavy atom. The lowest BCUT2D eigenvalue weighted by molar-refractivity contribution is -0.116. The number of methoxy groups -OCH3 is 1. The first-order valence-corrected chi connectivity index (χ1v) is 7.46. The van der Waals surface area contributed by atoms with Gasteiger partial charge in [-0.15, -0.1) is 0 Å². The SMILES string of the molecule is CCCCCCOc1ccc(CCC(C)=O)cc1OC. The molecule has 0 unspecified atom stereocenters. The van der Waals surface area contributed by atoms with Crippen molar-refractivity contribution in [2.75, 3.05) is 13.7 Å². The predicted octanol–water partition coefficient (Wildman–Crippen LogP) is 4.18. The number of Topliss-reactive ketones (excluding diaryl/α,β-unsaturated/α-hetero) is 1. The minimum absolute atomic E-state index is 0.209. The topological polar surface area (TPSA) is 35.5 Å². The molecule has 3 nitrogen and oxygen atoms in total. The van der Waals surface area contributed by atoms with Crippen molar-refractivity contribution in [2.24, 2.45) is 0 Å². The third-order valence-electron chi connectivity index (χ3n) is 3.25. The lowest BCUT2D eigenvalue weighted by atomic mass is 10.1. The zero-order chi connectivity index (χ0) is 14.8. The molecule has 1 aromatic rings. The highest BCUT2D eigenvalue weighted by atomic mass is 16.5. The maximum absolute atomic E-state index is 11.0. The van der Waals surface area contributed by atoms with Crippen molar-refractivity contribution in [3.05, 3.63) is 23.8 Å². The highest BCUT2D eigenvalue weighted by molar-refractivity contribution is 5.75. The third-order valence-corrected chi connectivity index (χ3v) is 3.25. The number of rotatable bonds is 10. The van der Waals surface area contributed by atoms with Gasteiger partial charge in [-0.3, -0.25) is 0 Å². The summed E-state index contributed by atoms with van der Waals surface area (Å²) in [4.78, 5) is 11.0. The molecule has 0 saturated carbocycles. The minimum atomic E-state index is 0.209. The quantitative estimate of drug-likeness (QED) is 0.602. The molecule has 0 radical (unpaired) electrons. The number of benzene rings is 1. The van der Waals surface area contributed by atoms with Crippen molar-refractivity contribution in [1.82, 2.24) is 0 Å². The number of carbonyl (C=O) groups excluding carboxylic acids is 1. The van der Waals surface area contributed by atoms with E-state index in [0.717, 1.165) is 36.5 Å². The van der Waals surface area contributed by atoms with E-state index in [4.69, 9.17) is 9.47 Å². The maximum atomic E-state index is 11.0. The summed E-state index contributed by atoms with van der Waals surface area (Å²) in [5.74, 6) is 1.75. The van der Waals surface area contributed by atoms with Crippen molar-refractivity contribution in [3.8, 4) is 11.5 Å². The van der Waals surface area contributed by atoms with E-state index < -0.39 is 0 Å². The van der Waals surface area contributed by atoms with Gasteiger partial charge in [0.05, 0.1) is 13.7 Å². The maximum Gasteiger partial charge on any atom is 0.161 e. The second-order valence-electron chi connectivity index (χ2n) is 5.10. The largest absolute Gasteiger partial charge is 0.493 e. The van der Waals surface area contributed by atoms with E-state index in [1.807, 2.05) is 18.2 Å². The van der Waals surface area contributed by atoms with Gasteiger partial charge >= 0.3 is 0 Å². The van der Waals surface area contributed by atoms with Crippen molar-refractivity contribution < 1.29 is 14.3 Å². The van der Waals surface area contributed by atoms with Crippen molar-refractivity contribution in [3.63, 3.8) is 0 Å². The summed E-state index contributed by atoms with van der Waals surface area (Å²) in [5, 5.41) is 0. The van der Waals surface area contributed by atoms with Crippen molar-refractivity contribution in [1.29, 1.82) is 0 Å². The van der Waals surface area contributed by atoms with E-state index >= 15 is 0 Å². The second kappa shape index (κ2) is 9.40. The molecular weight excluding hydrogens is 252 g/mol. The summed E-state index contributed by atoms with van der Waals surface area (Å²) in [6.07, 6.45) is 6.08. The summed E-state index contributed by atoms with van der Waals surface area (Å²) in [6.45, 7) is 4.54. The molecule has 0 bridgehead atoms. The smallest absolute Gasteiger partial charge is 0.161 e. The average molecular weight is 278 g/mol. The van der Waals surface area contributed by atoms with Gasteiger partial charge in [0, 0.05) is 6.42 Å². The van der Waals surface area contributed by atoms with Gasteiger partial charge in [-0.25, -0.2) is 0 Å². The van der Waals surface area contributed by atoms with Crippen LogP contribution in [0.25, 0.3) is 0 Å². The molecule has 0 N–H and O–H groups in total. The molecule has 0 aliphatic rings. The third kappa shape index (κ3) is 6.09. The van der Waals surface area contributed by atoms with E-state index in [-0.39, 0.29) is 5.78 Å². The van der Waals surface area contributed by atoms with Crippen molar-refractivity contribution in [2.45, 2.75) is 52.4 Å². The van der Waals surface area contributed by atoms with Gasteiger partial charge in [-0.05, 0) is 37.5 Å². The molecule has 1 rings (SSSR count). The van der Waals surface area contributed by atoms with Crippen LogP contribution in [0.15, 0.2) is 18.2 Å². The molecule has 0 aromatic heterocycles. The number of unbranched alkanes of at least 4 members (excludes halogenated alkanes) is 3. The Morgan fingerprint density at radius 3 is 2.60 bits per heavy atom. The number of carbonyl (C=O) groups is 1. The summed E-state index contributed by atoms with van der Waals surface area (Å²) < 4.78 is 11.1. The first-order valence-electron chi connectivity index (χ1n) is 7.46. The van der Waals surface area contributed by atoms with Crippen LogP contribution >= 0.6 is 0 Å². The Hall–Kier alpha value is -1.51. The standard InChI is InChI=1S/C17H26O3/c1-4-5-6-7-12-20-16-11-10-15(9-8-14(2)18)13-17(16)19-3/h10-11,13H,4-9,12H2,1-3H3. The molecule has 20 heavy (non-hydrogen) atoms.